The van der Waals surface area contributed by atoms with Crippen LogP contribution >= 0.6 is 0 Å². The summed E-state index contributed by atoms with van der Waals surface area (Å²) in [5, 5.41) is 8.90. The summed E-state index contributed by atoms with van der Waals surface area (Å²) in [6, 6.07) is 0. The van der Waals surface area contributed by atoms with Gasteiger partial charge in [-0.25, -0.2) is 5.84 Å². The molecule has 0 heterocycles. The van der Waals surface area contributed by atoms with E-state index in [-0.39, 0.29) is 5.17 Å². The molecule has 0 aromatic heterocycles. The number of rotatable bonds is 16. The van der Waals surface area contributed by atoms with E-state index in [1.54, 1.807) is 0 Å². The number of unbranched alkanes of at least 4 members (excludes halogenated alkanes) is 14. The zero-order valence-corrected chi connectivity index (χ0v) is 14.7. The van der Waals surface area contributed by atoms with Crippen molar-refractivity contribution in [1.29, 1.82) is 0 Å². The van der Waals surface area contributed by atoms with Crippen LogP contribution in [-0.4, -0.2) is 16.3 Å². The maximum absolute atomic E-state index is 11.0. The first-order chi connectivity index (χ1) is 10.7. The molecule has 0 bridgehead atoms. The van der Waals surface area contributed by atoms with Crippen LogP contribution in [0.3, 0.4) is 0 Å². The highest BCUT2D eigenvalue weighted by Crippen LogP contribution is 2.13. The topological polar surface area (TPSA) is 66.6 Å². The second-order valence-corrected chi connectivity index (χ2v) is 6.44. The maximum Gasteiger partial charge on any atom is 0.260 e. The molecule has 0 saturated carbocycles. The first-order valence-corrected chi connectivity index (χ1v) is 9.45. The standard InChI is InChI=1S/C18H38N2O2/c1-2-3-4-5-6-7-8-9-10-11-12-13-14-15-16-17-18(21)20(19)22/h22H,2-17,19H2,1H3. The van der Waals surface area contributed by atoms with Crippen molar-refractivity contribution in [2.24, 2.45) is 5.84 Å². The Balaban J connectivity index is 3.04. The Bertz CT molecular complexity index is 245. The molecule has 0 aliphatic rings. The van der Waals surface area contributed by atoms with Gasteiger partial charge in [0.05, 0.1) is 0 Å². The molecule has 1 amide bonds. The molecule has 132 valence electrons. The van der Waals surface area contributed by atoms with Crippen molar-refractivity contribution >= 4 is 5.91 Å². The van der Waals surface area contributed by atoms with Crippen LogP contribution in [-0.2, 0) is 4.79 Å². The van der Waals surface area contributed by atoms with Crippen LogP contribution in [0.25, 0.3) is 0 Å². The minimum atomic E-state index is -0.394. The molecule has 0 aromatic rings. The molecule has 22 heavy (non-hydrogen) atoms. The first kappa shape index (κ1) is 21.4. The predicted molar refractivity (Wildman–Crippen MR) is 92.4 cm³/mol. The van der Waals surface area contributed by atoms with E-state index in [4.69, 9.17) is 11.0 Å². The Morgan fingerprint density at radius 2 is 1.05 bits per heavy atom. The number of nitrogens with zero attached hydrogens (tertiary/aromatic N) is 1. The molecule has 0 fully saturated rings. The third-order valence-corrected chi connectivity index (χ3v) is 4.25. The van der Waals surface area contributed by atoms with Crippen LogP contribution in [0.4, 0.5) is 0 Å². The van der Waals surface area contributed by atoms with Crippen LogP contribution < -0.4 is 5.84 Å². The Hall–Kier alpha value is -0.610. The summed E-state index contributed by atoms with van der Waals surface area (Å²) in [6.07, 6.45) is 19.9. The van der Waals surface area contributed by atoms with E-state index in [0.29, 0.717) is 6.42 Å². The van der Waals surface area contributed by atoms with Crippen LogP contribution in [0, 0.1) is 0 Å². The quantitative estimate of drug-likeness (QED) is 0.133. The first-order valence-electron chi connectivity index (χ1n) is 9.45. The smallest absolute Gasteiger partial charge is 0.260 e. The largest absolute Gasteiger partial charge is 0.271 e. The number of amides is 1. The number of nitrogens with two attached hydrogens (primary N) is 1. The number of hydroxylamine groups is 1. The van der Waals surface area contributed by atoms with E-state index in [2.05, 4.69) is 6.92 Å². The van der Waals surface area contributed by atoms with Gasteiger partial charge in [0.1, 0.15) is 0 Å². The lowest BCUT2D eigenvalue weighted by atomic mass is 10.0. The van der Waals surface area contributed by atoms with Gasteiger partial charge in [-0.05, 0) is 6.42 Å². The van der Waals surface area contributed by atoms with E-state index >= 15 is 0 Å². The van der Waals surface area contributed by atoms with Crippen LogP contribution in [0.5, 0.6) is 0 Å². The number of hydrogen-bond acceptors (Lipinski definition) is 3. The lowest BCUT2D eigenvalue weighted by molar-refractivity contribution is -0.166. The Morgan fingerprint density at radius 3 is 1.36 bits per heavy atom. The van der Waals surface area contributed by atoms with Gasteiger partial charge in [-0.15, -0.1) is 0 Å². The van der Waals surface area contributed by atoms with Crippen molar-refractivity contribution in [3.8, 4) is 0 Å². The summed E-state index contributed by atoms with van der Waals surface area (Å²) in [6.45, 7) is 2.27. The van der Waals surface area contributed by atoms with Gasteiger partial charge < -0.3 is 0 Å². The molecule has 0 unspecified atom stereocenters. The highest BCUT2D eigenvalue weighted by Gasteiger charge is 2.04. The Morgan fingerprint density at radius 1 is 0.727 bits per heavy atom. The molecule has 0 aliphatic heterocycles. The number of hydrazine groups is 1. The summed E-state index contributed by atoms with van der Waals surface area (Å²) in [4.78, 5) is 11.0. The van der Waals surface area contributed by atoms with Gasteiger partial charge >= 0.3 is 0 Å². The van der Waals surface area contributed by atoms with Gasteiger partial charge in [-0.1, -0.05) is 96.8 Å². The minimum Gasteiger partial charge on any atom is -0.271 e. The van der Waals surface area contributed by atoms with Crippen LogP contribution in [0.2, 0.25) is 0 Å². The maximum atomic E-state index is 11.0. The van der Waals surface area contributed by atoms with Crippen molar-refractivity contribution in [2.45, 2.75) is 110 Å². The fraction of sp³-hybridized carbons (Fsp3) is 0.944. The zero-order valence-electron chi connectivity index (χ0n) is 14.7. The van der Waals surface area contributed by atoms with Crippen molar-refractivity contribution in [2.75, 3.05) is 0 Å². The van der Waals surface area contributed by atoms with Gasteiger partial charge in [0.25, 0.3) is 5.91 Å². The van der Waals surface area contributed by atoms with Crippen LogP contribution in [0.15, 0.2) is 0 Å². The third kappa shape index (κ3) is 15.8. The number of carbonyl (C=O) groups is 1. The molecular weight excluding hydrogens is 276 g/mol. The molecule has 0 saturated heterocycles. The highest BCUT2D eigenvalue weighted by molar-refractivity contribution is 5.74. The van der Waals surface area contributed by atoms with Crippen molar-refractivity contribution in [3.05, 3.63) is 0 Å². The molecule has 3 N–H and O–H groups in total. The third-order valence-electron chi connectivity index (χ3n) is 4.25. The van der Waals surface area contributed by atoms with Crippen molar-refractivity contribution in [1.82, 2.24) is 5.17 Å². The molecule has 4 nitrogen and oxygen atoms in total. The van der Waals surface area contributed by atoms with E-state index in [1.165, 1.54) is 83.5 Å². The molecule has 0 aliphatic carbocycles. The average Bonchev–Trinajstić information content (AvgIpc) is 2.50. The molecule has 4 heteroatoms. The SMILES string of the molecule is CCCCCCCCCCCCCCCCCC(=O)N(N)O. The second kappa shape index (κ2) is 16.8. The number of hydrogen-bond donors (Lipinski definition) is 2. The fourth-order valence-corrected chi connectivity index (χ4v) is 2.76. The summed E-state index contributed by atoms with van der Waals surface area (Å²) in [7, 11) is 0. The van der Waals surface area contributed by atoms with Crippen molar-refractivity contribution in [3.63, 3.8) is 0 Å². The average molecular weight is 315 g/mol. The predicted octanol–water partition coefficient (Wildman–Crippen LogP) is 5.34. The van der Waals surface area contributed by atoms with Crippen LogP contribution in [0.1, 0.15) is 110 Å². The van der Waals surface area contributed by atoms with E-state index in [9.17, 15) is 4.79 Å². The monoisotopic (exact) mass is 314 g/mol. The van der Waals surface area contributed by atoms with Gasteiger partial charge in [0.2, 0.25) is 0 Å². The Labute approximate surface area is 137 Å². The summed E-state index contributed by atoms with van der Waals surface area (Å²) in [5.41, 5.74) is 0. The molecule has 0 spiro atoms. The summed E-state index contributed by atoms with van der Waals surface area (Å²) < 4.78 is 0. The lowest BCUT2D eigenvalue weighted by Crippen LogP contribution is -2.33. The van der Waals surface area contributed by atoms with Gasteiger partial charge in [0, 0.05) is 6.42 Å². The fourth-order valence-electron chi connectivity index (χ4n) is 2.76. The minimum absolute atomic E-state index is 0.198. The van der Waals surface area contributed by atoms with Gasteiger partial charge in [0.15, 0.2) is 0 Å². The molecule has 0 atom stereocenters. The summed E-state index contributed by atoms with van der Waals surface area (Å²) >= 11 is 0. The normalized spacial score (nSPS) is 10.9. The van der Waals surface area contributed by atoms with Crippen molar-refractivity contribution < 1.29 is 10.0 Å². The van der Waals surface area contributed by atoms with E-state index < -0.39 is 5.91 Å². The Kier molecular flexibility index (Phi) is 16.3. The second-order valence-electron chi connectivity index (χ2n) is 6.44. The summed E-state index contributed by atoms with van der Waals surface area (Å²) in [5.74, 6) is 4.54. The lowest BCUT2D eigenvalue weighted by Gasteiger charge is -2.07. The van der Waals surface area contributed by atoms with E-state index in [1.807, 2.05) is 0 Å². The molecular formula is C18H38N2O2. The van der Waals surface area contributed by atoms with Gasteiger partial charge in [-0.2, -0.15) is 5.17 Å². The zero-order chi connectivity index (χ0) is 16.5. The van der Waals surface area contributed by atoms with E-state index in [0.717, 1.165) is 12.8 Å². The molecule has 0 rings (SSSR count). The highest BCUT2D eigenvalue weighted by atomic mass is 16.5. The molecule has 0 radical (unpaired) electrons. The molecule has 0 aromatic carbocycles. The number of carbonyl (C=O) groups excluding carboxylic acids is 1. The van der Waals surface area contributed by atoms with Gasteiger partial charge in [-0.3, -0.25) is 10.0 Å².